The lowest BCUT2D eigenvalue weighted by Gasteiger charge is -2.48. The van der Waals surface area contributed by atoms with Crippen LogP contribution in [0.25, 0.3) is 0 Å². The molecule has 0 fully saturated rings. The highest BCUT2D eigenvalue weighted by Crippen LogP contribution is 2.57. The second-order valence-electron chi connectivity index (χ2n) is 19.3. The van der Waals surface area contributed by atoms with Gasteiger partial charge in [-0.1, -0.05) is 146 Å². The molecule has 0 bridgehead atoms. The van der Waals surface area contributed by atoms with Crippen LogP contribution in [0.5, 0.6) is 0 Å². The normalized spacial score (nSPS) is 16.5. The van der Waals surface area contributed by atoms with Crippen LogP contribution < -0.4 is 19.6 Å². The molecule has 0 saturated carbocycles. The van der Waals surface area contributed by atoms with Crippen LogP contribution in [0.4, 0.5) is 45.5 Å². The number of hydrogen-bond acceptors (Lipinski definition) is 4. The average molecular weight is 929 g/mol. The minimum absolute atomic E-state index is 0.150. The molecule has 2 atom stereocenters. The molecule has 12 rings (SSSR count). The van der Waals surface area contributed by atoms with Crippen LogP contribution in [0.2, 0.25) is 0 Å². The minimum Gasteiger partial charge on any atom is -0.330 e. The first kappa shape index (κ1) is 44.4. The van der Waals surface area contributed by atoms with Gasteiger partial charge in [-0.25, -0.2) is 0 Å². The maximum atomic E-state index is 2.55. The van der Waals surface area contributed by atoms with Crippen molar-refractivity contribution in [3.8, 4) is 0 Å². The van der Waals surface area contributed by atoms with Crippen molar-refractivity contribution < 1.29 is 0 Å². The Bertz CT molecular complexity index is 3580. The van der Waals surface area contributed by atoms with E-state index in [2.05, 4.69) is 302 Å². The molecule has 4 nitrogen and oxygen atoms in total. The highest BCUT2D eigenvalue weighted by atomic mass is 15.2. The Hall–Kier alpha value is -8.86. The predicted octanol–water partition coefficient (Wildman–Crippen LogP) is 17.3. The largest absolute Gasteiger partial charge is 0.330 e. The summed E-state index contributed by atoms with van der Waals surface area (Å²) in [6.45, 7) is 8.76. The van der Waals surface area contributed by atoms with Crippen molar-refractivity contribution in [2.75, 3.05) is 19.6 Å². The van der Waals surface area contributed by atoms with Crippen LogP contribution in [-0.4, -0.2) is 6.04 Å². The molecule has 0 amide bonds. The Morgan fingerprint density at radius 3 is 1.25 bits per heavy atom. The third-order valence-corrected chi connectivity index (χ3v) is 14.3. The summed E-state index contributed by atoms with van der Waals surface area (Å²) < 4.78 is 0. The summed E-state index contributed by atoms with van der Waals surface area (Å²) in [7, 11) is 0. The van der Waals surface area contributed by atoms with Gasteiger partial charge in [0.05, 0.1) is 23.1 Å². The quantitative estimate of drug-likeness (QED) is 0.121. The van der Waals surface area contributed by atoms with Gasteiger partial charge in [0, 0.05) is 57.0 Å². The average Bonchev–Trinajstić information content (AvgIpc) is 3.41. The molecule has 0 aromatic heterocycles. The first-order chi connectivity index (χ1) is 35.4. The second-order valence-corrected chi connectivity index (χ2v) is 19.3. The van der Waals surface area contributed by atoms with Crippen molar-refractivity contribution >= 4 is 45.5 Å². The Kier molecular flexibility index (Phi) is 11.6. The molecule has 4 heteroatoms. The van der Waals surface area contributed by atoms with E-state index in [1.54, 1.807) is 0 Å². The van der Waals surface area contributed by atoms with Gasteiger partial charge in [0.2, 0.25) is 0 Å². The summed E-state index contributed by atoms with van der Waals surface area (Å²) in [5.74, 6) is -0.150. The third kappa shape index (κ3) is 8.11. The highest BCUT2D eigenvalue weighted by molar-refractivity contribution is 5.86. The van der Waals surface area contributed by atoms with Crippen LogP contribution >= 0.6 is 0 Å². The van der Waals surface area contributed by atoms with E-state index >= 15 is 0 Å². The minimum atomic E-state index is -0.202. The van der Waals surface area contributed by atoms with Crippen LogP contribution in [0.15, 0.2) is 300 Å². The predicted molar refractivity (Wildman–Crippen MR) is 302 cm³/mol. The van der Waals surface area contributed by atoms with Gasteiger partial charge >= 0.3 is 0 Å². The fraction of sp³-hybridized carbons (Fsp3) is 0.0882. The molecule has 348 valence electrons. The molecule has 4 aliphatic rings. The van der Waals surface area contributed by atoms with Crippen molar-refractivity contribution in [1.29, 1.82) is 0 Å². The highest BCUT2D eigenvalue weighted by Gasteiger charge is 2.45. The lowest BCUT2D eigenvalue weighted by Crippen LogP contribution is -2.41. The van der Waals surface area contributed by atoms with E-state index in [1.807, 2.05) is 0 Å². The molecule has 0 saturated heterocycles. The Labute approximate surface area is 424 Å². The van der Waals surface area contributed by atoms with Crippen molar-refractivity contribution in [3.63, 3.8) is 0 Å². The van der Waals surface area contributed by atoms with E-state index in [0.717, 1.165) is 62.6 Å². The first-order valence-electron chi connectivity index (χ1n) is 25.1. The van der Waals surface area contributed by atoms with Crippen LogP contribution in [0.1, 0.15) is 22.3 Å². The lowest BCUT2D eigenvalue weighted by atomic mass is 9.65. The molecule has 4 aliphatic carbocycles. The van der Waals surface area contributed by atoms with E-state index in [9.17, 15) is 0 Å². The lowest BCUT2D eigenvalue weighted by molar-refractivity contribution is 0.748. The van der Waals surface area contributed by atoms with E-state index in [-0.39, 0.29) is 12.0 Å². The number of aryl methyl sites for hydroxylation is 4. The molecule has 0 spiro atoms. The van der Waals surface area contributed by atoms with Crippen molar-refractivity contribution in [1.82, 2.24) is 0 Å². The van der Waals surface area contributed by atoms with Crippen LogP contribution in [0, 0.1) is 33.6 Å². The summed E-state index contributed by atoms with van der Waals surface area (Å²) in [4.78, 5) is 10.0. The van der Waals surface area contributed by atoms with Gasteiger partial charge in [0.1, 0.15) is 0 Å². The molecule has 0 heterocycles. The number of nitrogens with zero attached hydrogens (tertiary/aromatic N) is 4. The van der Waals surface area contributed by atoms with E-state index in [1.165, 1.54) is 50.1 Å². The van der Waals surface area contributed by atoms with Crippen molar-refractivity contribution in [2.45, 2.75) is 33.7 Å². The van der Waals surface area contributed by atoms with Gasteiger partial charge in [0.25, 0.3) is 0 Å². The Balaban J connectivity index is 1.19. The number of para-hydroxylation sites is 4. The van der Waals surface area contributed by atoms with Gasteiger partial charge in [0.15, 0.2) is 0 Å². The Morgan fingerprint density at radius 2 is 0.750 bits per heavy atom. The van der Waals surface area contributed by atoms with E-state index in [0.29, 0.717) is 0 Å². The molecule has 0 N–H and O–H groups in total. The van der Waals surface area contributed by atoms with Gasteiger partial charge in [-0.3, -0.25) is 0 Å². The fourth-order valence-electron chi connectivity index (χ4n) is 11.2. The molecule has 0 radical (unpaired) electrons. The molecule has 0 aliphatic heterocycles. The van der Waals surface area contributed by atoms with Gasteiger partial charge in [-0.05, 0) is 181 Å². The van der Waals surface area contributed by atoms with Gasteiger partial charge in [-0.2, -0.15) is 0 Å². The van der Waals surface area contributed by atoms with Crippen molar-refractivity contribution in [2.24, 2.45) is 5.92 Å². The summed E-state index contributed by atoms with van der Waals surface area (Å²) in [6, 6.07) is 79.2. The zero-order valence-corrected chi connectivity index (χ0v) is 41.2. The zero-order chi connectivity index (χ0) is 48.7. The SMILES string of the molecule is Cc1cccc(N(C2=CC(N(c3ccccc3)c3cccc(C)c3)=C3C=CC4=C5C(=CC=C2C35)C(N(c2ccccc2)c2cccc(C)c2)C=C4N(c2ccccc2)c2cccc(C)c2)c2ccccc2)c1. The molecule has 72 heavy (non-hydrogen) atoms. The standard InChI is InChI=1S/C68H56N4/c1-47-21-17-33-55(41-47)69(51-25-9-5-10-26-51)63-45-64(70(52-27-11-6-12-28-52)56-34-18-22-48(2)42-56)60-39-40-62-66(72(54-31-15-8-16-32-54)58-36-20-24-50(4)44-58)46-65(61-38-37-59(63)67(60)68(61)62)71(53-29-13-7-14-30-53)57-35-19-23-49(3)43-57/h5-46,63,68H,1-4H3. The third-order valence-electron chi connectivity index (χ3n) is 14.3. The van der Waals surface area contributed by atoms with Gasteiger partial charge < -0.3 is 19.6 Å². The summed E-state index contributed by atoms with van der Waals surface area (Å²) >= 11 is 0. The fourth-order valence-corrected chi connectivity index (χ4v) is 11.2. The number of anilines is 8. The van der Waals surface area contributed by atoms with Crippen LogP contribution in [-0.2, 0) is 0 Å². The number of hydrogen-bond donors (Lipinski definition) is 0. The number of rotatable bonds is 12. The monoisotopic (exact) mass is 928 g/mol. The van der Waals surface area contributed by atoms with Crippen molar-refractivity contribution in [3.05, 3.63) is 322 Å². The van der Waals surface area contributed by atoms with Crippen LogP contribution in [0.3, 0.4) is 0 Å². The zero-order valence-electron chi connectivity index (χ0n) is 41.2. The van der Waals surface area contributed by atoms with E-state index in [4.69, 9.17) is 0 Å². The summed E-state index contributed by atoms with van der Waals surface area (Å²) in [5.41, 5.74) is 23.4. The second kappa shape index (κ2) is 18.8. The summed E-state index contributed by atoms with van der Waals surface area (Å²) in [6.07, 6.45) is 14.7. The molecule has 2 unspecified atom stereocenters. The maximum Gasteiger partial charge on any atom is 0.0802 e. The number of benzene rings is 8. The maximum absolute atomic E-state index is 2.55. The van der Waals surface area contributed by atoms with Gasteiger partial charge in [-0.15, -0.1) is 0 Å². The Morgan fingerprint density at radius 1 is 0.347 bits per heavy atom. The topological polar surface area (TPSA) is 13.0 Å². The summed E-state index contributed by atoms with van der Waals surface area (Å²) in [5, 5.41) is 0. The number of allylic oxidation sites excluding steroid dienone is 7. The smallest absolute Gasteiger partial charge is 0.0802 e. The molecular weight excluding hydrogens is 873 g/mol. The molecule has 8 aromatic carbocycles. The molecule has 8 aromatic rings. The van der Waals surface area contributed by atoms with E-state index < -0.39 is 0 Å². The molecular formula is C68H56N4. The first-order valence-corrected chi connectivity index (χ1v) is 25.1.